The van der Waals surface area contributed by atoms with E-state index in [0.717, 1.165) is 43.1 Å². The van der Waals surface area contributed by atoms with E-state index in [1.54, 1.807) is 55.1 Å². The van der Waals surface area contributed by atoms with Gasteiger partial charge < -0.3 is 25.6 Å². The van der Waals surface area contributed by atoms with E-state index in [9.17, 15) is 9.59 Å². The lowest BCUT2D eigenvalue weighted by atomic mass is 10.1. The van der Waals surface area contributed by atoms with Crippen LogP contribution >= 0.6 is 0 Å². The summed E-state index contributed by atoms with van der Waals surface area (Å²) in [6.07, 6.45) is 6.68. The number of ether oxygens (including phenoxy) is 1. The van der Waals surface area contributed by atoms with Gasteiger partial charge in [0.25, 0.3) is 0 Å². The van der Waals surface area contributed by atoms with E-state index in [2.05, 4.69) is 35.8 Å². The summed E-state index contributed by atoms with van der Waals surface area (Å²) < 4.78 is 4.74. The molecule has 1 aliphatic rings. The number of hydrogen-bond acceptors (Lipinski definition) is 10. The highest BCUT2D eigenvalue weighted by atomic mass is 16.5. The van der Waals surface area contributed by atoms with E-state index in [1.807, 2.05) is 18.2 Å². The van der Waals surface area contributed by atoms with Gasteiger partial charge in [-0.15, -0.1) is 0 Å². The molecule has 0 radical (unpaired) electrons. The number of pyridine rings is 2. The first-order valence-corrected chi connectivity index (χ1v) is 12.5. The van der Waals surface area contributed by atoms with Crippen molar-refractivity contribution in [2.24, 2.45) is 0 Å². The molecule has 198 valence electrons. The molecule has 11 nitrogen and oxygen atoms in total. The Bertz CT molecular complexity index is 1440. The molecule has 0 aliphatic carbocycles. The van der Waals surface area contributed by atoms with E-state index >= 15 is 0 Å². The van der Waals surface area contributed by atoms with Crippen molar-refractivity contribution in [2.45, 2.75) is 6.42 Å². The normalized spacial score (nSPS) is 13.0. The van der Waals surface area contributed by atoms with Gasteiger partial charge in [-0.25, -0.2) is 19.7 Å². The van der Waals surface area contributed by atoms with Crippen LogP contribution in [0.2, 0.25) is 0 Å². The van der Waals surface area contributed by atoms with E-state index in [1.165, 1.54) is 7.11 Å². The van der Waals surface area contributed by atoms with Crippen LogP contribution < -0.4 is 20.9 Å². The molecule has 1 aromatic carbocycles. The maximum atomic E-state index is 13.0. The summed E-state index contributed by atoms with van der Waals surface area (Å²) >= 11 is 0. The molecule has 11 heteroatoms. The Balaban J connectivity index is 1.41. The van der Waals surface area contributed by atoms with Crippen LogP contribution in [-0.4, -0.2) is 65.1 Å². The number of methoxy groups -OCH3 is 1. The number of rotatable bonds is 8. The van der Waals surface area contributed by atoms with E-state index < -0.39 is 5.97 Å². The van der Waals surface area contributed by atoms with Crippen LogP contribution in [0.3, 0.4) is 0 Å². The number of benzene rings is 1. The van der Waals surface area contributed by atoms with Crippen LogP contribution in [-0.2, 0) is 16.0 Å². The first kappa shape index (κ1) is 25.7. The molecule has 0 atom stereocenters. The number of anilines is 4. The largest absolute Gasteiger partial charge is 0.465 e. The third-order valence-electron chi connectivity index (χ3n) is 6.19. The minimum absolute atomic E-state index is 0.128. The van der Waals surface area contributed by atoms with Crippen molar-refractivity contribution in [3.63, 3.8) is 0 Å². The Morgan fingerprint density at radius 3 is 2.54 bits per heavy atom. The summed E-state index contributed by atoms with van der Waals surface area (Å²) in [5.41, 5.74) is 3.17. The van der Waals surface area contributed by atoms with Crippen LogP contribution in [0, 0.1) is 0 Å². The number of amides is 1. The molecule has 1 saturated heterocycles. The average molecular weight is 525 g/mol. The number of esters is 1. The topological polar surface area (TPSA) is 134 Å². The molecule has 0 spiro atoms. The maximum absolute atomic E-state index is 13.0. The fourth-order valence-electron chi connectivity index (χ4n) is 4.23. The molecule has 1 amide bonds. The van der Waals surface area contributed by atoms with Crippen LogP contribution in [0.1, 0.15) is 15.9 Å². The molecule has 4 heterocycles. The van der Waals surface area contributed by atoms with Gasteiger partial charge >= 0.3 is 5.97 Å². The SMILES string of the molecule is COC(=O)c1ccc(CC(=O)Nc2ccc(Nc3cnccn3)nc2-c2ccnc(N3CCNCC3)c2)cc1. The number of nitrogens with one attached hydrogen (secondary N) is 3. The van der Waals surface area contributed by atoms with Crippen molar-refractivity contribution >= 4 is 35.0 Å². The zero-order valence-corrected chi connectivity index (χ0v) is 21.4. The predicted octanol–water partition coefficient (Wildman–Crippen LogP) is 3.05. The highest BCUT2D eigenvalue weighted by Crippen LogP contribution is 2.30. The maximum Gasteiger partial charge on any atom is 0.337 e. The second-order valence-electron chi connectivity index (χ2n) is 8.86. The number of carbonyl (C=O) groups excluding carboxylic acids is 2. The zero-order chi connectivity index (χ0) is 27.0. The lowest BCUT2D eigenvalue weighted by Gasteiger charge is -2.28. The van der Waals surface area contributed by atoms with E-state index in [0.29, 0.717) is 28.6 Å². The average Bonchev–Trinajstić information content (AvgIpc) is 2.99. The van der Waals surface area contributed by atoms with Crippen LogP contribution in [0.4, 0.5) is 23.1 Å². The first-order valence-electron chi connectivity index (χ1n) is 12.5. The summed E-state index contributed by atoms with van der Waals surface area (Å²) in [4.78, 5) is 44.7. The summed E-state index contributed by atoms with van der Waals surface area (Å²) in [6, 6.07) is 14.2. The fraction of sp³-hybridized carbons (Fsp3) is 0.214. The van der Waals surface area contributed by atoms with Gasteiger partial charge in [0, 0.05) is 50.3 Å². The van der Waals surface area contributed by atoms with Gasteiger partial charge in [0.2, 0.25) is 5.91 Å². The monoisotopic (exact) mass is 524 g/mol. The van der Waals surface area contributed by atoms with E-state index in [4.69, 9.17) is 9.72 Å². The number of aromatic nitrogens is 4. The third kappa shape index (κ3) is 6.51. The lowest BCUT2D eigenvalue weighted by Crippen LogP contribution is -2.43. The van der Waals surface area contributed by atoms with Gasteiger partial charge in [-0.05, 0) is 42.0 Å². The predicted molar refractivity (Wildman–Crippen MR) is 148 cm³/mol. The highest BCUT2D eigenvalue weighted by molar-refractivity contribution is 5.96. The van der Waals surface area contributed by atoms with Crippen LogP contribution in [0.5, 0.6) is 0 Å². The van der Waals surface area contributed by atoms with Gasteiger partial charge in [0.15, 0.2) is 0 Å². The first-order chi connectivity index (χ1) is 19.1. The van der Waals surface area contributed by atoms with Gasteiger partial charge in [-0.2, -0.15) is 0 Å². The minimum atomic E-state index is -0.422. The molecule has 0 unspecified atom stereocenters. The van der Waals surface area contributed by atoms with Gasteiger partial charge in [-0.3, -0.25) is 9.78 Å². The number of carbonyl (C=O) groups is 2. The summed E-state index contributed by atoms with van der Waals surface area (Å²) in [5.74, 6) is 1.33. The zero-order valence-electron chi connectivity index (χ0n) is 21.4. The van der Waals surface area contributed by atoms with Crippen LogP contribution in [0.25, 0.3) is 11.3 Å². The standard InChI is InChI=1S/C28H28N8O3/c1-39-28(38)20-4-2-19(3-5-20)16-26(37)33-22-6-7-23(34-24-18-30-10-11-31-24)35-27(22)21-8-9-32-25(17-21)36-14-12-29-13-15-36/h2-11,17-18,29H,12-16H2,1H3,(H,33,37)(H,31,34,35). The van der Waals surface area contributed by atoms with Crippen molar-refractivity contribution in [3.8, 4) is 11.3 Å². The molecule has 0 bridgehead atoms. The molecule has 0 saturated carbocycles. The molecule has 5 rings (SSSR count). The molecule has 3 N–H and O–H groups in total. The molecule has 3 aromatic heterocycles. The van der Waals surface area contributed by atoms with E-state index in [-0.39, 0.29) is 12.3 Å². The second-order valence-corrected chi connectivity index (χ2v) is 8.86. The molecule has 39 heavy (non-hydrogen) atoms. The van der Waals surface area contributed by atoms with Crippen molar-refractivity contribution in [1.82, 2.24) is 25.3 Å². The number of piperazine rings is 1. The Labute approximate surface area is 225 Å². The van der Waals surface area contributed by atoms with Gasteiger partial charge in [0.05, 0.1) is 36.7 Å². The molecular formula is C28H28N8O3. The third-order valence-corrected chi connectivity index (χ3v) is 6.19. The molecule has 1 fully saturated rings. The Morgan fingerprint density at radius 2 is 1.79 bits per heavy atom. The second kappa shape index (κ2) is 12.1. The smallest absolute Gasteiger partial charge is 0.337 e. The van der Waals surface area contributed by atoms with Crippen molar-refractivity contribution in [2.75, 3.05) is 48.8 Å². The number of nitrogens with zero attached hydrogens (tertiary/aromatic N) is 5. The fourth-order valence-corrected chi connectivity index (χ4v) is 4.23. The summed E-state index contributed by atoms with van der Waals surface area (Å²) in [6.45, 7) is 3.50. The summed E-state index contributed by atoms with van der Waals surface area (Å²) in [5, 5.41) is 9.52. The minimum Gasteiger partial charge on any atom is -0.465 e. The Kier molecular flexibility index (Phi) is 7.98. The highest BCUT2D eigenvalue weighted by Gasteiger charge is 2.17. The van der Waals surface area contributed by atoms with Crippen molar-refractivity contribution in [3.05, 3.63) is 84.4 Å². The Morgan fingerprint density at radius 1 is 0.974 bits per heavy atom. The quantitative estimate of drug-likeness (QED) is 0.295. The Hall–Kier alpha value is -4.90. The molecule has 4 aromatic rings. The lowest BCUT2D eigenvalue weighted by molar-refractivity contribution is -0.115. The van der Waals surface area contributed by atoms with Crippen LogP contribution in [0.15, 0.2) is 73.3 Å². The van der Waals surface area contributed by atoms with Crippen molar-refractivity contribution in [1.29, 1.82) is 0 Å². The summed E-state index contributed by atoms with van der Waals surface area (Å²) in [7, 11) is 1.33. The van der Waals surface area contributed by atoms with Crippen molar-refractivity contribution < 1.29 is 14.3 Å². The molecule has 1 aliphatic heterocycles. The van der Waals surface area contributed by atoms with Gasteiger partial charge in [0.1, 0.15) is 17.5 Å². The van der Waals surface area contributed by atoms with Gasteiger partial charge in [-0.1, -0.05) is 12.1 Å². The molecular weight excluding hydrogens is 496 g/mol. The number of hydrogen-bond donors (Lipinski definition) is 3.